The molecule has 5 nitrogen and oxygen atoms in total. The van der Waals surface area contributed by atoms with E-state index in [0.29, 0.717) is 6.42 Å². The van der Waals surface area contributed by atoms with Crippen molar-refractivity contribution in [2.45, 2.75) is 76.9 Å². The standard InChI is InChI=1S/C15H33NO4S/c1-4-5-6-7-8-9-10-11-14(16(2)3)12-15(17)13-21(18,19)20/h14-15,17H,4-13H2,1-3H3,(H,18,19,20)/p+1. The van der Waals surface area contributed by atoms with Crippen molar-refractivity contribution in [3.05, 3.63) is 0 Å². The minimum atomic E-state index is -4.09. The summed E-state index contributed by atoms with van der Waals surface area (Å²) in [6.45, 7) is 2.21. The van der Waals surface area contributed by atoms with Crippen molar-refractivity contribution in [1.29, 1.82) is 0 Å². The smallest absolute Gasteiger partial charge is 0.267 e. The maximum atomic E-state index is 10.8. The lowest BCUT2D eigenvalue weighted by atomic mass is 10.0. The summed E-state index contributed by atoms with van der Waals surface area (Å²) >= 11 is 0. The van der Waals surface area contributed by atoms with Gasteiger partial charge in [-0.05, 0) is 12.8 Å². The van der Waals surface area contributed by atoms with Crippen LogP contribution in [0.15, 0.2) is 0 Å². The quantitative estimate of drug-likeness (QED) is 0.352. The molecule has 0 rings (SSSR count). The van der Waals surface area contributed by atoms with E-state index in [2.05, 4.69) is 6.92 Å². The predicted molar refractivity (Wildman–Crippen MR) is 86.2 cm³/mol. The first kappa shape index (κ1) is 20.8. The van der Waals surface area contributed by atoms with Crippen LogP contribution in [0.2, 0.25) is 0 Å². The molecule has 21 heavy (non-hydrogen) atoms. The van der Waals surface area contributed by atoms with Gasteiger partial charge in [-0.1, -0.05) is 45.4 Å². The van der Waals surface area contributed by atoms with E-state index in [1.54, 1.807) is 0 Å². The van der Waals surface area contributed by atoms with Crippen molar-refractivity contribution in [3.8, 4) is 0 Å². The number of rotatable bonds is 13. The first-order valence-electron chi connectivity index (χ1n) is 8.19. The van der Waals surface area contributed by atoms with Gasteiger partial charge in [0, 0.05) is 6.42 Å². The Morgan fingerprint density at radius 1 is 1.00 bits per heavy atom. The number of aliphatic hydroxyl groups excluding tert-OH is 1. The molecule has 2 atom stereocenters. The number of quaternary nitrogens is 1. The fraction of sp³-hybridized carbons (Fsp3) is 1.00. The van der Waals surface area contributed by atoms with Crippen LogP contribution in [0.4, 0.5) is 0 Å². The molecule has 0 aromatic heterocycles. The summed E-state index contributed by atoms with van der Waals surface area (Å²) in [4.78, 5) is 1.22. The van der Waals surface area contributed by atoms with Crippen molar-refractivity contribution in [2.75, 3.05) is 19.8 Å². The van der Waals surface area contributed by atoms with E-state index in [1.165, 1.54) is 43.4 Å². The van der Waals surface area contributed by atoms with Crippen LogP contribution in [0.5, 0.6) is 0 Å². The number of nitrogens with one attached hydrogen (secondary N) is 1. The van der Waals surface area contributed by atoms with Crippen LogP contribution in [0.25, 0.3) is 0 Å². The zero-order valence-electron chi connectivity index (χ0n) is 13.8. The Morgan fingerprint density at radius 3 is 2.00 bits per heavy atom. The molecule has 0 fully saturated rings. The Balaban J connectivity index is 3.92. The molecule has 0 aromatic carbocycles. The van der Waals surface area contributed by atoms with E-state index >= 15 is 0 Å². The molecule has 128 valence electrons. The average molecular weight is 325 g/mol. The molecule has 0 aromatic rings. The molecule has 0 aliphatic rings. The Bertz CT molecular complexity index is 344. The molecular weight excluding hydrogens is 290 g/mol. The largest absolute Gasteiger partial charge is 0.392 e. The number of hydrogen-bond donors (Lipinski definition) is 3. The van der Waals surface area contributed by atoms with E-state index in [0.717, 1.165) is 12.8 Å². The van der Waals surface area contributed by atoms with Gasteiger partial charge in [-0.2, -0.15) is 8.42 Å². The highest BCUT2D eigenvalue weighted by Crippen LogP contribution is 2.11. The Labute approximate surface area is 130 Å². The van der Waals surface area contributed by atoms with Crippen molar-refractivity contribution in [1.82, 2.24) is 0 Å². The van der Waals surface area contributed by atoms with Gasteiger partial charge in [0.1, 0.15) is 5.75 Å². The highest BCUT2D eigenvalue weighted by molar-refractivity contribution is 7.85. The van der Waals surface area contributed by atoms with E-state index in [-0.39, 0.29) is 6.04 Å². The minimum Gasteiger partial charge on any atom is -0.392 e. The third-order valence-electron chi connectivity index (χ3n) is 3.93. The topological polar surface area (TPSA) is 79.0 Å². The van der Waals surface area contributed by atoms with Gasteiger partial charge in [0.25, 0.3) is 10.1 Å². The second-order valence-electron chi connectivity index (χ2n) is 6.32. The van der Waals surface area contributed by atoms with Gasteiger partial charge in [0.05, 0.1) is 26.2 Å². The van der Waals surface area contributed by atoms with Crippen LogP contribution in [-0.2, 0) is 10.1 Å². The fourth-order valence-electron chi connectivity index (χ4n) is 2.63. The fourth-order valence-corrected chi connectivity index (χ4v) is 3.25. The van der Waals surface area contributed by atoms with Crippen molar-refractivity contribution >= 4 is 10.1 Å². The molecule has 2 unspecified atom stereocenters. The third-order valence-corrected chi connectivity index (χ3v) is 4.74. The normalized spacial score (nSPS) is 15.3. The number of hydrogen-bond acceptors (Lipinski definition) is 3. The molecule has 0 bridgehead atoms. The summed E-state index contributed by atoms with van der Waals surface area (Å²) in [5, 5.41) is 9.75. The first-order chi connectivity index (χ1) is 9.76. The Kier molecular flexibility index (Phi) is 11.3. The number of unbranched alkanes of at least 4 members (excludes halogenated alkanes) is 6. The molecule has 0 radical (unpaired) electrons. The van der Waals surface area contributed by atoms with Crippen molar-refractivity contribution < 1.29 is 23.0 Å². The second kappa shape index (κ2) is 11.4. The van der Waals surface area contributed by atoms with Crippen LogP contribution >= 0.6 is 0 Å². The van der Waals surface area contributed by atoms with Crippen molar-refractivity contribution in [3.63, 3.8) is 0 Å². The summed E-state index contributed by atoms with van der Waals surface area (Å²) in [5.41, 5.74) is 0. The van der Waals surface area contributed by atoms with Gasteiger partial charge < -0.3 is 10.0 Å². The van der Waals surface area contributed by atoms with Crippen molar-refractivity contribution in [2.24, 2.45) is 0 Å². The van der Waals surface area contributed by atoms with Crippen LogP contribution in [0.1, 0.15) is 64.7 Å². The number of aliphatic hydroxyl groups is 1. The average Bonchev–Trinajstić information content (AvgIpc) is 2.33. The maximum absolute atomic E-state index is 10.8. The molecule has 3 N–H and O–H groups in total. The molecule has 0 heterocycles. The third kappa shape index (κ3) is 13.2. The van der Waals surface area contributed by atoms with Crippen LogP contribution < -0.4 is 4.90 Å². The molecule has 0 saturated carbocycles. The molecule has 0 aliphatic heterocycles. The molecular formula is C15H34NO4S+. The molecule has 0 saturated heterocycles. The molecule has 6 heteroatoms. The molecule has 0 amide bonds. The Hall–Kier alpha value is -0.170. The molecule has 0 aliphatic carbocycles. The van der Waals surface area contributed by atoms with E-state index in [9.17, 15) is 13.5 Å². The summed E-state index contributed by atoms with van der Waals surface area (Å²) in [5.74, 6) is -0.562. The van der Waals surface area contributed by atoms with Crippen LogP contribution in [-0.4, -0.2) is 50.1 Å². The molecule has 0 spiro atoms. The van der Waals surface area contributed by atoms with E-state index in [1.807, 2.05) is 14.1 Å². The highest BCUT2D eigenvalue weighted by atomic mass is 32.2. The lowest BCUT2D eigenvalue weighted by molar-refractivity contribution is -0.887. The van der Waals surface area contributed by atoms with Gasteiger partial charge in [-0.25, -0.2) is 0 Å². The zero-order valence-corrected chi connectivity index (χ0v) is 14.7. The van der Waals surface area contributed by atoms with Crippen LogP contribution in [0, 0.1) is 0 Å². The summed E-state index contributed by atoms with van der Waals surface area (Å²) in [7, 11) is -0.0521. The SMILES string of the molecule is CCCCCCCCCC(CC(O)CS(=O)(=O)O)[NH+](C)C. The lowest BCUT2D eigenvalue weighted by Crippen LogP contribution is -3.10. The summed E-state index contributed by atoms with van der Waals surface area (Å²) < 4.78 is 30.3. The zero-order chi connectivity index (χ0) is 16.3. The Morgan fingerprint density at radius 2 is 1.52 bits per heavy atom. The summed E-state index contributed by atoms with van der Waals surface area (Å²) in [6.07, 6.45) is 9.15. The lowest BCUT2D eigenvalue weighted by Gasteiger charge is -2.23. The monoisotopic (exact) mass is 324 g/mol. The summed E-state index contributed by atoms with van der Waals surface area (Å²) in [6, 6.07) is 0.234. The van der Waals surface area contributed by atoms with Crippen LogP contribution in [0.3, 0.4) is 0 Å². The minimum absolute atomic E-state index is 0.234. The second-order valence-corrected chi connectivity index (χ2v) is 7.82. The van der Waals surface area contributed by atoms with E-state index < -0.39 is 22.0 Å². The predicted octanol–water partition coefficient (Wildman–Crippen LogP) is 1.28. The van der Waals surface area contributed by atoms with Gasteiger partial charge in [0.15, 0.2) is 0 Å². The first-order valence-corrected chi connectivity index (χ1v) is 9.80. The van der Waals surface area contributed by atoms with Gasteiger partial charge in [0.2, 0.25) is 0 Å². The van der Waals surface area contributed by atoms with Gasteiger partial charge in [-0.15, -0.1) is 0 Å². The van der Waals surface area contributed by atoms with Gasteiger partial charge >= 0.3 is 0 Å². The van der Waals surface area contributed by atoms with Gasteiger partial charge in [-0.3, -0.25) is 4.55 Å². The maximum Gasteiger partial charge on any atom is 0.267 e. The highest BCUT2D eigenvalue weighted by Gasteiger charge is 2.22. The van der Waals surface area contributed by atoms with E-state index in [4.69, 9.17) is 4.55 Å².